The number of anilines is 2. The smallest absolute Gasteiger partial charge is 0.273 e. The number of nitrogens with zero attached hydrogens (tertiary/aromatic N) is 1. The molecule has 0 radical (unpaired) electrons. The van der Waals surface area contributed by atoms with Gasteiger partial charge in [-0.05, 0) is 18.6 Å². The number of H-pyrrole nitrogens is 1. The van der Waals surface area contributed by atoms with Gasteiger partial charge in [0.2, 0.25) is 0 Å². The fraction of sp³-hybridized carbons (Fsp3) is 0.231. The van der Waals surface area contributed by atoms with Crippen molar-refractivity contribution in [2.75, 3.05) is 25.3 Å². The molecule has 0 aliphatic heterocycles. The summed E-state index contributed by atoms with van der Waals surface area (Å²) in [5, 5.41) is 9.03. The van der Waals surface area contributed by atoms with Crippen molar-refractivity contribution in [3.8, 4) is 11.5 Å². The Morgan fingerprint density at radius 1 is 1.25 bits per heavy atom. The molecule has 2 rings (SSSR count). The molecule has 0 atom stereocenters. The third-order valence-electron chi connectivity index (χ3n) is 2.82. The van der Waals surface area contributed by atoms with E-state index in [-0.39, 0.29) is 17.4 Å². The number of hydrogen-bond donors (Lipinski definition) is 3. The monoisotopic (exact) mass is 276 g/mol. The van der Waals surface area contributed by atoms with Crippen molar-refractivity contribution in [2.24, 2.45) is 0 Å². The highest BCUT2D eigenvalue weighted by Gasteiger charge is 2.13. The Morgan fingerprint density at radius 2 is 1.90 bits per heavy atom. The first-order chi connectivity index (χ1) is 9.55. The van der Waals surface area contributed by atoms with Gasteiger partial charge < -0.3 is 20.5 Å². The Balaban J connectivity index is 2.27. The maximum atomic E-state index is 12.0. The number of benzene rings is 1. The molecule has 0 aliphatic rings. The number of carbonyl (C=O) groups is 1. The fourth-order valence-electron chi connectivity index (χ4n) is 1.76. The number of methoxy groups -OCH3 is 2. The SMILES string of the molecule is COc1cc(C)c(NC(=O)c2cc(N)n[nH]2)cc1OC. The number of rotatable bonds is 4. The van der Waals surface area contributed by atoms with E-state index in [1.165, 1.54) is 13.2 Å². The molecule has 106 valence electrons. The van der Waals surface area contributed by atoms with Gasteiger partial charge in [-0.3, -0.25) is 9.89 Å². The van der Waals surface area contributed by atoms with Gasteiger partial charge >= 0.3 is 0 Å². The van der Waals surface area contributed by atoms with Crippen LogP contribution in [0.15, 0.2) is 18.2 Å². The van der Waals surface area contributed by atoms with Crippen LogP contribution in [0.25, 0.3) is 0 Å². The van der Waals surface area contributed by atoms with E-state index in [2.05, 4.69) is 15.5 Å². The summed E-state index contributed by atoms with van der Waals surface area (Å²) in [5.41, 5.74) is 7.23. The van der Waals surface area contributed by atoms with E-state index >= 15 is 0 Å². The number of nitrogen functional groups attached to an aromatic ring is 1. The lowest BCUT2D eigenvalue weighted by atomic mass is 10.1. The molecule has 0 saturated heterocycles. The molecule has 1 aromatic carbocycles. The van der Waals surface area contributed by atoms with Crippen LogP contribution in [0.4, 0.5) is 11.5 Å². The first-order valence-electron chi connectivity index (χ1n) is 5.90. The third kappa shape index (κ3) is 2.66. The van der Waals surface area contributed by atoms with Crippen LogP contribution in [0.2, 0.25) is 0 Å². The number of amides is 1. The minimum atomic E-state index is -0.329. The number of hydrogen-bond acceptors (Lipinski definition) is 5. The summed E-state index contributed by atoms with van der Waals surface area (Å²) in [4.78, 5) is 12.0. The highest BCUT2D eigenvalue weighted by Crippen LogP contribution is 2.33. The second-order valence-electron chi connectivity index (χ2n) is 4.18. The molecule has 7 heteroatoms. The fourth-order valence-corrected chi connectivity index (χ4v) is 1.76. The summed E-state index contributed by atoms with van der Waals surface area (Å²) >= 11 is 0. The van der Waals surface area contributed by atoms with Crippen LogP contribution in [0.5, 0.6) is 11.5 Å². The van der Waals surface area contributed by atoms with E-state index in [0.717, 1.165) is 5.56 Å². The molecule has 0 fully saturated rings. The van der Waals surface area contributed by atoms with Gasteiger partial charge in [0.1, 0.15) is 11.5 Å². The van der Waals surface area contributed by atoms with Crippen molar-refractivity contribution in [2.45, 2.75) is 6.92 Å². The second kappa shape index (κ2) is 5.52. The quantitative estimate of drug-likeness (QED) is 0.786. The zero-order chi connectivity index (χ0) is 14.7. The topological polar surface area (TPSA) is 102 Å². The molecular formula is C13H16N4O3. The van der Waals surface area contributed by atoms with Gasteiger partial charge in [0, 0.05) is 17.8 Å². The van der Waals surface area contributed by atoms with E-state index in [0.29, 0.717) is 17.2 Å². The van der Waals surface area contributed by atoms with E-state index in [1.807, 2.05) is 6.92 Å². The van der Waals surface area contributed by atoms with E-state index in [1.54, 1.807) is 19.2 Å². The van der Waals surface area contributed by atoms with Crippen molar-refractivity contribution in [1.29, 1.82) is 0 Å². The van der Waals surface area contributed by atoms with Gasteiger partial charge in [0.25, 0.3) is 5.91 Å². The number of aromatic nitrogens is 2. The van der Waals surface area contributed by atoms with E-state index in [9.17, 15) is 4.79 Å². The van der Waals surface area contributed by atoms with Crippen LogP contribution >= 0.6 is 0 Å². The molecule has 1 amide bonds. The van der Waals surface area contributed by atoms with Crippen LogP contribution in [0.1, 0.15) is 16.1 Å². The zero-order valence-corrected chi connectivity index (χ0v) is 11.5. The number of nitrogens with one attached hydrogen (secondary N) is 2. The highest BCUT2D eigenvalue weighted by molar-refractivity contribution is 6.03. The van der Waals surface area contributed by atoms with Gasteiger partial charge in [-0.15, -0.1) is 0 Å². The summed E-state index contributed by atoms with van der Waals surface area (Å²) in [6, 6.07) is 4.95. The number of aromatic amines is 1. The lowest BCUT2D eigenvalue weighted by molar-refractivity contribution is 0.102. The normalized spacial score (nSPS) is 10.2. The summed E-state index contributed by atoms with van der Waals surface area (Å²) in [7, 11) is 3.09. The lowest BCUT2D eigenvalue weighted by Crippen LogP contribution is -2.13. The Morgan fingerprint density at radius 3 is 2.45 bits per heavy atom. The van der Waals surface area contributed by atoms with Crippen LogP contribution in [0, 0.1) is 6.92 Å². The van der Waals surface area contributed by atoms with Crippen LogP contribution in [-0.2, 0) is 0 Å². The van der Waals surface area contributed by atoms with Crippen molar-refractivity contribution < 1.29 is 14.3 Å². The molecule has 20 heavy (non-hydrogen) atoms. The van der Waals surface area contributed by atoms with Crippen molar-refractivity contribution in [1.82, 2.24) is 10.2 Å². The number of aryl methyl sites for hydroxylation is 1. The Kier molecular flexibility index (Phi) is 3.79. The number of carbonyl (C=O) groups excluding carboxylic acids is 1. The largest absolute Gasteiger partial charge is 0.493 e. The second-order valence-corrected chi connectivity index (χ2v) is 4.18. The minimum absolute atomic E-state index is 0.263. The van der Waals surface area contributed by atoms with Crippen LogP contribution in [-0.4, -0.2) is 30.3 Å². The first-order valence-corrected chi connectivity index (χ1v) is 5.90. The Hall–Kier alpha value is -2.70. The van der Waals surface area contributed by atoms with Crippen molar-refractivity contribution in [3.05, 3.63) is 29.5 Å². The average Bonchev–Trinajstić information content (AvgIpc) is 2.87. The lowest BCUT2D eigenvalue weighted by Gasteiger charge is -2.13. The van der Waals surface area contributed by atoms with Gasteiger partial charge in [0.05, 0.1) is 14.2 Å². The Labute approximate surface area is 116 Å². The van der Waals surface area contributed by atoms with Gasteiger partial charge in [0.15, 0.2) is 11.5 Å². The average molecular weight is 276 g/mol. The Bertz CT molecular complexity index is 637. The highest BCUT2D eigenvalue weighted by atomic mass is 16.5. The summed E-state index contributed by atoms with van der Waals surface area (Å²) in [5.74, 6) is 1.08. The molecule has 7 nitrogen and oxygen atoms in total. The molecule has 0 aliphatic carbocycles. The molecule has 0 unspecified atom stereocenters. The molecule has 1 heterocycles. The third-order valence-corrected chi connectivity index (χ3v) is 2.82. The maximum Gasteiger partial charge on any atom is 0.273 e. The molecule has 1 aromatic heterocycles. The van der Waals surface area contributed by atoms with Crippen molar-refractivity contribution in [3.63, 3.8) is 0 Å². The first kappa shape index (κ1) is 13.7. The number of nitrogens with two attached hydrogens (primary N) is 1. The molecule has 4 N–H and O–H groups in total. The van der Waals surface area contributed by atoms with E-state index in [4.69, 9.17) is 15.2 Å². The van der Waals surface area contributed by atoms with Crippen LogP contribution < -0.4 is 20.5 Å². The predicted octanol–water partition coefficient (Wildman–Crippen LogP) is 1.57. The molecule has 0 spiro atoms. The van der Waals surface area contributed by atoms with E-state index < -0.39 is 0 Å². The van der Waals surface area contributed by atoms with Gasteiger partial charge in [-0.2, -0.15) is 5.10 Å². The van der Waals surface area contributed by atoms with Crippen LogP contribution in [0.3, 0.4) is 0 Å². The maximum absolute atomic E-state index is 12.0. The molecule has 2 aromatic rings. The molecule has 0 bridgehead atoms. The van der Waals surface area contributed by atoms with Gasteiger partial charge in [-0.1, -0.05) is 0 Å². The van der Waals surface area contributed by atoms with Crippen molar-refractivity contribution >= 4 is 17.4 Å². The summed E-state index contributed by atoms with van der Waals surface area (Å²) in [6.45, 7) is 1.86. The summed E-state index contributed by atoms with van der Waals surface area (Å²) < 4.78 is 10.4. The molecular weight excluding hydrogens is 260 g/mol. The number of ether oxygens (including phenoxy) is 2. The minimum Gasteiger partial charge on any atom is -0.493 e. The zero-order valence-electron chi connectivity index (χ0n) is 11.5. The summed E-state index contributed by atoms with van der Waals surface area (Å²) in [6.07, 6.45) is 0. The predicted molar refractivity (Wildman–Crippen MR) is 75.2 cm³/mol. The molecule has 0 saturated carbocycles. The standard InChI is InChI=1S/C13H16N4O3/c1-7-4-10(19-2)11(20-3)5-8(7)15-13(18)9-6-12(14)17-16-9/h4-6H,1-3H3,(H,15,18)(H3,14,16,17). The van der Waals surface area contributed by atoms with Gasteiger partial charge in [-0.25, -0.2) is 0 Å².